The van der Waals surface area contributed by atoms with E-state index in [2.05, 4.69) is 11.4 Å². The third-order valence-corrected chi connectivity index (χ3v) is 4.56. The van der Waals surface area contributed by atoms with Gasteiger partial charge in [0.05, 0.1) is 17.8 Å². The Kier molecular flexibility index (Phi) is 4.31. The molecular formula is C14H15N3O3S. The molecule has 0 bridgehead atoms. The monoisotopic (exact) mass is 305 g/mol. The van der Waals surface area contributed by atoms with Gasteiger partial charge in [0.15, 0.2) is 0 Å². The first kappa shape index (κ1) is 15.1. The molecule has 6 nitrogen and oxygen atoms in total. The lowest BCUT2D eigenvalue weighted by Gasteiger charge is -2.08. The van der Waals surface area contributed by atoms with Gasteiger partial charge in [-0.2, -0.15) is 5.26 Å². The highest BCUT2D eigenvalue weighted by Crippen LogP contribution is 2.19. The molecule has 21 heavy (non-hydrogen) atoms. The van der Waals surface area contributed by atoms with Crippen LogP contribution in [-0.2, 0) is 16.6 Å². The van der Waals surface area contributed by atoms with E-state index in [0.717, 1.165) is 4.31 Å². The second kappa shape index (κ2) is 5.99. The predicted octanol–water partition coefficient (Wildman–Crippen LogP) is 2.01. The van der Waals surface area contributed by atoms with E-state index in [1.165, 1.54) is 20.2 Å². The molecule has 2 aromatic rings. The summed E-state index contributed by atoms with van der Waals surface area (Å²) in [5.74, 6) is 0.475. The number of hydrogen-bond acceptors (Lipinski definition) is 5. The fourth-order valence-electron chi connectivity index (χ4n) is 1.69. The van der Waals surface area contributed by atoms with Crippen LogP contribution in [0.4, 0.5) is 5.69 Å². The second-order valence-electron chi connectivity index (χ2n) is 4.52. The zero-order valence-electron chi connectivity index (χ0n) is 11.7. The number of nitrogens with one attached hydrogen (secondary N) is 1. The van der Waals surface area contributed by atoms with E-state index in [1.54, 1.807) is 24.3 Å². The Labute approximate surface area is 123 Å². The van der Waals surface area contributed by atoms with Crippen LogP contribution in [0.1, 0.15) is 11.3 Å². The molecule has 1 N–H and O–H groups in total. The van der Waals surface area contributed by atoms with Crippen molar-refractivity contribution in [3.05, 3.63) is 47.7 Å². The molecule has 0 saturated carbocycles. The Morgan fingerprint density at radius 1 is 1.24 bits per heavy atom. The molecule has 0 amide bonds. The van der Waals surface area contributed by atoms with E-state index in [-0.39, 0.29) is 5.09 Å². The average molecular weight is 305 g/mol. The van der Waals surface area contributed by atoms with Gasteiger partial charge in [0.25, 0.3) is 10.0 Å². The first-order valence-electron chi connectivity index (χ1n) is 6.19. The number of furan rings is 1. The largest absolute Gasteiger partial charge is 0.446 e. The van der Waals surface area contributed by atoms with Crippen molar-refractivity contribution in [2.75, 3.05) is 19.4 Å². The zero-order valence-corrected chi connectivity index (χ0v) is 12.5. The molecule has 0 atom stereocenters. The number of benzene rings is 1. The molecule has 0 saturated heterocycles. The number of para-hydroxylation sites is 1. The second-order valence-corrected chi connectivity index (χ2v) is 6.60. The SMILES string of the molecule is CN(C)S(=O)(=O)c1ccc(CNc2ccccc2C#N)o1. The van der Waals surface area contributed by atoms with Crippen LogP contribution in [0.15, 0.2) is 45.9 Å². The minimum absolute atomic E-state index is 0.0992. The fourth-order valence-corrected chi connectivity index (χ4v) is 2.50. The van der Waals surface area contributed by atoms with E-state index in [4.69, 9.17) is 9.68 Å². The van der Waals surface area contributed by atoms with Gasteiger partial charge in [0.1, 0.15) is 11.8 Å². The summed E-state index contributed by atoms with van der Waals surface area (Å²) in [6.45, 7) is 0.293. The van der Waals surface area contributed by atoms with Gasteiger partial charge in [-0.05, 0) is 24.3 Å². The standard InChI is InChI=1S/C14H15N3O3S/c1-17(2)21(18,19)14-8-7-12(20-14)10-16-13-6-4-3-5-11(13)9-15/h3-8,16H,10H2,1-2H3. The first-order chi connectivity index (χ1) is 9.95. The minimum atomic E-state index is -3.57. The Morgan fingerprint density at radius 3 is 2.62 bits per heavy atom. The number of rotatable bonds is 5. The van der Waals surface area contributed by atoms with Gasteiger partial charge in [0, 0.05) is 14.1 Å². The van der Waals surface area contributed by atoms with Gasteiger partial charge < -0.3 is 9.73 Å². The van der Waals surface area contributed by atoms with Crippen LogP contribution in [-0.4, -0.2) is 26.8 Å². The molecule has 1 aromatic carbocycles. The van der Waals surface area contributed by atoms with Gasteiger partial charge in [0.2, 0.25) is 5.09 Å². The summed E-state index contributed by atoms with van der Waals surface area (Å²) in [6, 6.07) is 12.2. The molecule has 0 radical (unpaired) electrons. The lowest BCUT2D eigenvalue weighted by Crippen LogP contribution is -2.21. The van der Waals surface area contributed by atoms with E-state index in [9.17, 15) is 8.42 Å². The van der Waals surface area contributed by atoms with Crippen LogP contribution in [0.25, 0.3) is 0 Å². The molecule has 0 spiro atoms. The van der Waals surface area contributed by atoms with Crippen LogP contribution in [0.2, 0.25) is 0 Å². The summed E-state index contributed by atoms with van der Waals surface area (Å²) in [4.78, 5) is 0. The third-order valence-electron chi connectivity index (χ3n) is 2.87. The molecule has 0 fully saturated rings. The first-order valence-corrected chi connectivity index (χ1v) is 7.63. The molecule has 0 aliphatic carbocycles. The topological polar surface area (TPSA) is 86.3 Å². The van der Waals surface area contributed by atoms with Crippen molar-refractivity contribution >= 4 is 15.7 Å². The van der Waals surface area contributed by atoms with E-state index >= 15 is 0 Å². The maximum atomic E-state index is 11.9. The molecule has 0 aliphatic heterocycles. The van der Waals surface area contributed by atoms with Crippen LogP contribution >= 0.6 is 0 Å². The zero-order chi connectivity index (χ0) is 15.5. The molecule has 1 aromatic heterocycles. The van der Waals surface area contributed by atoms with E-state index in [0.29, 0.717) is 23.6 Å². The van der Waals surface area contributed by atoms with Gasteiger partial charge in [-0.15, -0.1) is 0 Å². The molecule has 0 unspecified atom stereocenters. The number of anilines is 1. The number of nitriles is 1. The normalized spacial score (nSPS) is 11.3. The maximum absolute atomic E-state index is 11.9. The molecule has 110 valence electrons. The van der Waals surface area contributed by atoms with Crippen LogP contribution in [0.5, 0.6) is 0 Å². The minimum Gasteiger partial charge on any atom is -0.446 e. The Morgan fingerprint density at radius 2 is 1.95 bits per heavy atom. The number of hydrogen-bond donors (Lipinski definition) is 1. The van der Waals surface area contributed by atoms with Crippen molar-refractivity contribution in [3.63, 3.8) is 0 Å². The number of nitrogens with zero attached hydrogens (tertiary/aromatic N) is 2. The molecule has 1 heterocycles. The molecule has 7 heteroatoms. The summed E-state index contributed by atoms with van der Waals surface area (Å²) >= 11 is 0. The molecule has 2 rings (SSSR count). The Hall–Kier alpha value is -2.30. The highest BCUT2D eigenvalue weighted by Gasteiger charge is 2.21. The molecule has 0 aliphatic rings. The third kappa shape index (κ3) is 3.24. The summed E-state index contributed by atoms with van der Waals surface area (Å²) < 4.78 is 30.2. The van der Waals surface area contributed by atoms with Crippen LogP contribution < -0.4 is 5.32 Å². The maximum Gasteiger partial charge on any atom is 0.275 e. The highest BCUT2D eigenvalue weighted by molar-refractivity contribution is 7.88. The van der Waals surface area contributed by atoms with Gasteiger partial charge in [-0.25, -0.2) is 12.7 Å². The Bertz CT molecular complexity index is 773. The van der Waals surface area contributed by atoms with Crippen molar-refractivity contribution < 1.29 is 12.8 Å². The Balaban J connectivity index is 2.13. The van der Waals surface area contributed by atoms with Crippen molar-refractivity contribution in [2.45, 2.75) is 11.6 Å². The lowest BCUT2D eigenvalue weighted by atomic mass is 10.2. The number of sulfonamides is 1. The van der Waals surface area contributed by atoms with Crippen molar-refractivity contribution in [3.8, 4) is 6.07 Å². The van der Waals surface area contributed by atoms with E-state index in [1.807, 2.05) is 6.07 Å². The highest BCUT2D eigenvalue weighted by atomic mass is 32.2. The average Bonchev–Trinajstić information content (AvgIpc) is 2.94. The van der Waals surface area contributed by atoms with Gasteiger partial charge in [-0.1, -0.05) is 12.1 Å². The predicted molar refractivity (Wildman–Crippen MR) is 78.1 cm³/mol. The van der Waals surface area contributed by atoms with Crippen molar-refractivity contribution in [2.24, 2.45) is 0 Å². The van der Waals surface area contributed by atoms with Crippen LogP contribution in [0, 0.1) is 11.3 Å². The summed E-state index contributed by atoms with van der Waals surface area (Å²) in [7, 11) is -0.679. The van der Waals surface area contributed by atoms with Crippen molar-refractivity contribution in [1.29, 1.82) is 5.26 Å². The smallest absolute Gasteiger partial charge is 0.275 e. The van der Waals surface area contributed by atoms with Crippen molar-refractivity contribution in [1.82, 2.24) is 4.31 Å². The van der Waals surface area contributed by atoms with E-state index < -0.39 is 10.0 Å². The summed E-state index contributed by atoms with van der Waals surface area (Å²) in [5, 5.41) is 11.9. The van der Waals surface area contributed by atoms with Gasteiger partial charge in [-0.3, -0.25) is 0 Å². The van der Waals surface area contributed by atoms with Crippen LogP contribution in [0.3, 0.4) is 0 Å². The summed E-state index contributed by atoms with van der Waals surface area (Å²) in [5.41, 5.74) is 1.19. The fraction of sp³-hybridized carbons (Fsp3) is 0.214. The quantitative estimate of drug-likeness (QED) is 0.913. The lowest BCUT2D eigenvalue weighted by molar-refractivity contribution is 0.402. The summed E-state index contributed by atoms with van der Waals surface area (Å²) in [6.07, 6.45) is 0. The molecular weight excluding hydrogens is 290 g/mol. The van der Waals surface area contributed by atoms with Gasteiger partial charge >= 0.3 is 0 Å².